The first-order chi connectivity index (χ1) is 9.56. The molecule has 1 N–H and O–H groups in total. The van der Waals surface area contributed by atoms with Gasteiger partial charge in [-0.25, -0.2) is 0 Å². The summed E-state index contributed by atoms with van der Waals surface area (Å²) in [5.41, 5.74) is 2.09. The van der Waals surface area contributed by atoms with Crippen LogP contribution < -0.4 is 5.32 Å². The zero-order valence-electron chi connectivity index (χ0n) is 12.4. The van der Waals surface area contributed by atoms with Gasteiger partial charge in [0.25, 0.3) is 0 Å². The van der Waals surface area contributed by atoms with E-state index in [-0.39, 0.29) is 5.91 Å². The van der Waals surface area contributed by atoms with Gasteiger partial charge < -0.3 is 14.6 Å². The van der Waals surface area contributed by atoms with E-state index in [9.17, 15) is 4.79 Å². The predicted molar refractivity (Wildman–Crippen MR) is 77.3 cm³/mol. The molecule has 0 aromatic carbocycles. The first-order valence-electron chi connectivity index (χ1n) is 7.29. The summed E-state index contributed by atoms with van der Waals surface area (Å²) in [5.74, 6) is 3.38. The highest BCUT2D eigenvalue weighted by Gasteiger charge is 2.36. The van der Waals surface area contributed by atoms with Gasteiger partial charge in [0.1, 0.15) is 11.5 Å². The second kappa shape index (κ2) is 5.09. The molecule has 2 atom stereocenters. The topological polar surface area (TPSA) is 45.5 Å². The molecule has 2 fully saturated rings. The highest BCUT2D eigenvalue weighted by Crippen LogP contribution is 2.47. The van der Waals surface area contributed by atoms with Gasteiger partial charge in [-0.1, -0.05) is 6.92 Å². The summed E-state index contributed by atoms with van der Waals surface area (Å²) in [7, 11) is 1.83. The quantitative estimate of drug-likeness (QED) is 0.857. The van der Waals surface area contributed by atoms with Crippen molar-refractivity contribution < 1.29 is 9.21 Å². The van der Waals surface area contributed by atoms with Crippen LogP contribution in [0.5, 0.6) is 0 Å². The van der Waals surface area contributed by atoms with Crippen molar-refractivity contribution >= 4 is 5.91 Å². The maximum atomic E-state index is 12.3. The summed E-state index contributed by atoms with van der Waals surface area (Å²) in [5, 5.41) is 3.17. The van der Waals surface area contributed by atoms with E-state index in [4.69, 9.17) is 4.42 Å². The highest BCUT2D eigenvalue weighted by molar-refractivity contribution is 5.93. The lowest BCUT2D eigenvalue weighted by molar-refractivity contribution is -0.126. The molecule has 0 spiro atoms. The van der Waals surface area contributed by atoms with Gasteiger partial charge in [0.2, 0.25) is 5.91 Å². The SMILES string of the molecule is CC(C(=O)N(C)Cc1ccc(C2CC2C)o1)=C1CNC1. The maximum absolute atomic E-state index is 12.3. The Hall–Kier alpha value is -1.55. The summed E-state index contributed by atoms with van der Waals surface area (Å²) in [6.07, 6.45) is 1.22. The van der Waals surface area contributed by atoms with Crippen molar-refractivity contribution in [1.29, 1.82) is 0 Å². The molecule has 4 nitrogen and oxygen atoms in total. The van der Waals surface area contributed by atoms with E-state index in [2.05, 4.69) is 18.3 Å². The van der Waals surface area contributed by atoms with Gasteiger partial charge in [-0.15, -0.1) is 0 Å². The molecular formula is C16H22N2O2. The van der Waals surface area contributed by atoms with Crippen LogP contribution in [0.15, 0.2) is 27.7 Å². The molecular weight excluding hydrogens is 252 g/mol. The largest absolute Gasteiger partial charge is 0.464 e. The van der Waals surface area contributed by atoms with Crippen LogP contribution in [-0.2, 0) is 11.3 Å². The zero-order chi connectivity index (χ0) is 14.3. The summed E-state index contributed by atoms with van der Waals surface area (Å²) in [6.45, 7) is 6.38. The molecule has 1 amide bonds. The minimum Gasteiger partial charge on any atom is -0.464 e. The highest BCUT2D eigenvalue weighted by atomic mass is 16.3. The number of nitrogens with zero attached hydrogens (tertiary/aromatic N) is 1. The zero-order valence-corrected chi connectivity index (χ0v) is 12.4. The Kier molecular flexibility index (Phi) is 3.42. The van der Waals surface area contributed by atoms with E-state index in [0.29, 0.717) is 12.5 Å². The molecule has 4 heteroatoms. The minimum absolute atomic E-state index is 0.0965. The molecule has 0 radical (unpaired) electrons. The van der Waals surface area contributed by atoms with Gasteiger partial charge in [-0.3, -0.25) is 4.79 Å². The lowest BCUT2D eigenvalue weighted by Gasteiger charge is -2.24. The lowest BCUT2D eigenvalue weighted by Crippen LogP contribution is -2.38. The van der Waals surface area contributed by atoms with Gasteiger partial charge in [-0.05, 0) is 37.0 Å². The molecule has 1 aromatic heterocycles. The number of rotatable bonds is 4. The van der Waals surface area contributed by atoms with Crippen LogP contribution in [0, 0.1) is 5.92 Å². The number of carbonyl (C=O) groups is 1. The van der Waals surface area contributed by atoms with Gasteiger partial charge in [0.15, 0.2) is 0 Å². The van der Waals surface area contributed by atoms with Crippen LogP contribution in [0.25, 0.3) is 0 Å². The number of carbonyl (C=O) groups excluding carboxylic acids is 1. The molecule has 2 aliphatic rings. The summed E-state index contributed by atoms with van der Waals surface area (Å²) in [6, 6.07) is 4.06. The molecule has 1 aliphatic carbocycles. The van der Waals surface area contributed by atoms with Crippen LogP contribution in [0.4, 0.5) is 0 Å². The Morgan fingerprint density at radius 3 is 2.70 bits per heavy atom. The molecule has 2 heterocycles. The van der Waals surface area contributed by atoms with Gasteiger partial charge >= 0.3 is 0 Å². The lowest BCUT2D eigenvalue weighted by atomic mass is 10.0. The second-order valence-corrected chi connectivity index (χ2v) is 6.12. The Labute approximate surface area is 119 Å². The van der Waals surface area contributed by atoms with Crippen LogP contribution in [0.3, 0.4) is 0 Å². The monoisotopic (exact) mass is 274 g/mol. The average Bonchev–Trinajstić information content (AvgIpc) is 2.90. The van der Waals surface area contributed by atoms with Crippen molar-refractivity contribution in [1.82, 2.24) is 10.2 Å². The van der Waals surface area contributed by atoms with Crippen LogP contribution in [0.2, 0.25) is 0 Å². The third kappa shape index (κ3) is 2.52. The molecule has 3 rings (SSSR count). The fraction of sp³-hybridized carbons (Fsp3) is 0.562. The van der Waals surface area contributed by atoms with E-state index in [0.717, 1.165) is 36.1 Å². The van der Waals surface area contributed by atoms with E-state index < -0.39 is 0 Å². The molecule has 0 bridgehead atoms. The fourth-order valence-electron chi connectivity index (χ4n) is 2.66. The summed E-state index contributed by atoms with van der Waals surface area (Å²) >= 11 is 0. The molecule has 1 aromatic rings. The maximum Gasteiger partial charge on any atom is 0.249 e. The third-order valence-corrected chi connectivity index (χ3v) is 4.42. The number of hydrogen-bond acceptors (Lipinski definition) is 3. The molecule has 108 valence electrons. The first-order valence-corrected chi connectivity index (χ1v) is 7.29. The van der Waals surface area contributed by atoms with Crippen molar-refractivity contribution in [3.63, 3.8) is 0 Å². The Morgan fingerprint density at radius 1 is 1.45 bits per heavy atom. The minimum atomic E-state index is 0.0965. The van der Waals surface area contributed by atoms with E-state index >= 15 is 0 Å². The van der Waals surface area contributed by atoms with Gasteiger partial charge in [0.05, 0.1) is 6.54 Å². The fourth-order valence-corrected chi connectivity index (χ4v) is 2.66. The van der Waals surface area contributed by atoms with Crippen LogP contribution >= 0.6 is 0 Å². The molecule has 1 saturated carbocycles. The van der Waals surface area contributed by atoms with Crippen LogP contribution in [-0.4, -0.2) is 30.9 Å². The number of likely N-dealkylation sites (N-methyl/N-ethyl adjacent to an activating group) is 1. The van der Waals surface area contributed by atoms with Crippen LogP contribution in [0.1, 0.15) is 37.7 Å². The number of furan rings is 1. The Balaban J connectivity index is 1.62. The van der Waals surface area contributed by atoms with E-state index in [1.807, 2.05) is 20.0 Å². The average molecular weight is 274 g/mol. The van der Waals surface area contributed by atoms with E-state index in [1.165, 1.54) is 12.0 Å². The first kappa shape index (κ1) is 13.4. The van der Waals surface area contributed by atoms with Crippen molar-refractivity contribution in [3.05, 3.63) is 34.8 Å². The second-order valence-electron chi connectivity index (χ2n) is 6.12. The molecule has 2 unspecified atom stereocenters. The Morgan fingerprint density at radius 2 is 2.15 bits per heavy atom. The van der Waals surface area contributed by atoms with Crippen molar-refractivity contribution in [3.8, 4) is 0 Å². The normalized spacial score (nSPS) is 24.2. The third-order valence-electron chi connectivity index (χ3n) is 4.42. The standard InChI is InChI=1S/C16H22N2O2/c1-10-6-14(10)15-5-4-13(20-15)9-18(3)16(19)11(2)12-7-17-8-12/h4-5,10,14,17H,6-9H2,1-3H3. The van der Waals surface area contributed by atoms with Gasteiger partial charge in [-0.2, -0.15) is 0 Å². The van der Waals surface area contributed by atoms with E-state index in [1.54, 1.807) is 4.90 Å². The molecule has 1 aliphatic heterocycles. The molecule has 1 saturated heterocycles. The number of amides is 1. The molecule has 20 heavy (non-hydrogen) atoms. The van der Waals surface area contributed by atoms with Gasteiger partial charge in [0, 0.05) is 31.6 Å². The van der Waals surface area contributed by atoms with Crippen molar-refractivity contribution in [2.75, 3.05) is 20.1 Å². The Bertz CT molecular complexity index is 553. The number of nitrogens with one attached hydrogen (secondary N) is 1. The number of hydrogen-bond donors (Lipinski definition) is 1. The smallest absolute Gasteiger partial charge is 0.249 e. The van der Waals surface area contributed by atoms with Crippen molar-refractivity contribution in [2.24, 2.45) is 5.92 Å². The summed E-state index contributed by atoms with van der Waals surface area (Å²) in [4.78, 5) is 14.0. The van der Waals surface area contributed by atoms with Crippen molar-refractivity contribution in [2.45, 2.75) is 32.7 Å². The predicted octanol–water partition coefficient (Wildman–Crippen LogP) is 2.28. The summed E-state index contributed by atoms with van der Waals surface area (Å²) < 4.78 is 5.86.